The fourth-order valence-corrected chi connectivity index (χ4v) is 4.47. The third-order valence-corrected chi connectivity index (χ3v) is 6.04. The molecular weight excluding hydrogens is 444 g/mol. The van der Waals surface area contributed by atoms with Crippen LogP contribution in [0.5, 0.6) is 17.2 Å². The molecule has 2 aliphatic rings. The Kier molecular flexibility index (Phi) is 4.87. The van der Waals surface area contributed by atoms with Crippen LogP contribution in [-0.2, 0) is 0 Å². The van der Waals surface area contributed by atoms with Gasteiger partial charge in [0.05, 0.1) is 26.0 Å². The summed E-state index contributed by atoms with van der Waals surface area (Å²) in [6.45, 7) is 0. The van der Waals surface area contributed by atoms with Crippen LogP contribution in [0.4, 0.5) is 0 Å². The lowest BCUT2D eigenvalue weighted by Gasteiger charge is -2.38. The van der Waals surface area contributed by atoms with Gasteiger partial charge in [0, 0.05) is 22.0 Å². The second-order valence-corrected chi connectivity index (χ2v) is 8.20. The number of halogens is 1. The number of nitrogens with zero attached hydrogens (tertiary/aromatic N) is 2. The summed E-state index contributed by atoms with van der Waals surface area (Å²) in [6.07, 6.45) is 0.463. The Morgan fingerprint density at radius 1 is 0.967 bits per heavy atom. The molecule has 0 saturated heterocycles. The molecule has 0 aromatic heterocycles. The van der Waals surface area contributed by atoms with Crippen LogP contribution in [0.25, 0.3) is 0 Å². The van der Waals surface area contributed by atoms with Crippen molar-refractivity contribution < 1.29 is 14.2 Å². The highest BCUT2D eigenvalue weighted by Crippen LogP contribution is 2.48. The first kappa shape index (κ1) is 19.0. The van der Waals surface area contributed by atoms with E-state index in [1.165, 1.54) is 0 Å². The monoisotopic (exact) mass is 464 g/mol. The van der Waals surface area contributed by atoms with Crippen LogP contribution in [0.1, 0.15) is 35.4 Å². The van der Waals surface area contributed by atoms with Gasteiger partial charge in [-0.3, -0.25) is 0 Å². The maximum atomic E-state index is 6.45. The number of hydrogen-bond acceptors (Lipinski definition) is 5. The molecule has 2 atom stereocenters. The van der Waals surface area contributed by atoms with Crippen molar-refractivity contribution in [3.63, 3.8) is 0 Å². The van der Waals surface area contributed by atoms with Crippen molar-refractivity contribution in [2.45, 2.75) is 18.7 Å². The van der Waals surface area contributed by atoms with E-state index in [0.717, 1.165) is 39.0 Å². The second kappa shape index (κ2) is 7.69. The van der Waals surface area contributed by atoms with E-state index in [-0.39, 0.29) is 12.3 Å². The van der Waals surface area contributed by atoms with Crippen LogP contribution in [0, 0.1) is 0 Å². The first-order valence-corrected chi connectivity index (χ1v) is 10.6. The zero-order valence-electron chi connectivity index (χ0n) is 16.7. The van der Waals surface area contributed by atoms with Crippen molar-refractivity contribution in [3.05, 3.63) is 87.9 Å². The van der Waals surface area contributed by atoms with E-state index >= 15 is 0 Å². The SMILES string of the molecule is COc1ccc(C2Oc3ccc(Br)cc3C3CC(c4ccccc4)=NN32)cc1OC. The lowest BCUT2D eigenvalue weighted by Crippen LogP contribution is -2.33. The summed E-state index contributed by atoms with van der Waals surface area (Å²) in [4.78, 5) is 0. The Hall–Kier alpha value is -2.99. The average molecular weight is 465 g/mol. The Labute approximate surface area is 184 Å². The van der Waals surface area contributed by atoms with Crippen LogP contribution in [0.15, 0.2) is 76.3 Å². The van der Waals surface area contributed by atoms with E-state index in [2.05, 4.69) is 39.1 Å². The number of rotatable bonds is 4. The smallest absolute Gasteiger partial charge is 0.214 e. The van der Waals surface area contributed by atoms with Gasteiger partial charge in [-0.25, -0.2) is 5.01 Å². The number of methoxy groups -OCH3 is 2. The van der Waals surface area contributed by atoms with Crippen molar-refractivity contribution >= 4 is 21.6 Å². The van der Waals surface area contributed by atoms with Crippen molar-refractivity contribution in [2.24, 2.45) is 5.10 Å². The summed E-state index contributed by atoms with van der Waals surface area (Å²) in [6, 6.07) is 22.4. The van der Waals surface area contributed by atoms with Gasteiger partial charge >= 0.3 is 0 Å². The number of fused-ring (bicyclic) bond motifs is 3. The van der Waals surface area contributed by atoms with Gasteiger partial charge in [-0.2, -0.15) is 5.10 Å². The molecule has 30 heavy (non-hydrogen) atoms. The molecular formula is C24H21BrN2O3. The average Bonchev–Trinajstić information content (AvgIpc) is 3.24. The summed E-state index contributed by atoms with van der Waals surface area (Å²) >= 11 is 3.60. The minimum absolute atomic E-state index is 0.0968. The van der Waals surface area contributed by atoms with E-state index in [1.54, 1.807) is 14.2 Å². The molecule has 2 aliphatic heterocycles. The molecule has 2 unspecified atom stereocenters. The Morgan fingerprint density at radius 3 is 2.53 bits per heavy atom. The minimum Gasteiger partial charge on any atom is -0.493 e. The molecule has 152 valence electrons. The van der Waals surface area contributed by atoms with Gasteiger partial charge in [-0.05, 0) is 42.0 Å². The van der Waals surface area contributed by atoms with Crippen LogP contribution in [0.3, 0.4) is 0 Å². The standard InChI is InChI=1S/C24H21BrN2O3/c1-28-22-10-8-16(12-23(22)29-2)24-27-20(18-13-17(25)9-11-21(18)30-24)14-19(26-27)15-6-4-3-5-7-15/h3-13,20,24H,14H2,1-2H3. The number of hydrazone groups is 1. The number of ether oxygens (including phenoxy) is 3. The zero-order chi connectivity index (χ0) is 20.7. The molecule has 2 heterocycles. The molecule has 3 aromatic rings. The zero-order valence-corrected chi connectivity index (χ0v) is 18.3. The molecule has 0 radical (unpaired) electrons. The normalized spacial score (nSPS) is 19.4. The summed E-state index contributed by atoms with van der Waals surface area (Å²) < 4.78 is 18.4. The molecule has 0 N–H and O–H groups in total. The molecule has 5 nitrogen and oxygen atoms in total. The molecule has 0 amide bonds. The molecule has 6 heteroatoms. The first-order chi connectivity index (χ1) is 14.7. The van der Waals surface area contributed by atoms with Crippen molar-refractivity contribution in [3.8, 4) is 17.2 Å². The van der Waals surface area contributed by atoms with Gasteiger partial charge in [-0.15, -0.1) is 0 Å². The highest BCUT2D eigenvalue weighted by atomic mass is 79.9. The van der Waals surface area contributed by atoms with Gasteiger partial charge < -0.3 is 14.2 Å². The van der Waals surface area contributed by atoms with Gasteiger partial charge in [-0.1, -0.05) is 46.3 Å². The third kappa shape index (κ3) is 3.21. The Morgan fingerprint density at radius 2 is 1.77 bits per heavy atom. The highest BCUT2D eigenvalue weighted by molar-refractivity contribution is 9.10. The van der Waals surface area contributed by atoms with Crippen LogP contribution in [0.2, 0.25) is 0 Å². The van der Waals surface area contributed by atoms with E-state index in [1.807, 2.05) is 48.5 Å². The summed E-state index contributed by atoms with van der Waals surface area (Å²) in [5.74, 6) is 2.24. The Bertz CT molecular complexity index is 1120. The lowest BCUT2D eigenvalue weighted by molar-refractivity contribution is -0.0192. The fraction of sp³-hybridized carbons (Fsp3) is 0.208. The molecule has 5 rings (SSSR count). The van der Waals surface area contributed by atoms with Crippen LogP contribution >= 0.6 is 15.9 Å². The largest absolute Gasteiger partial charge is 0.493 e. The number of hydrogen-bond donors (Lipinski definition) is 0. The van der Waals surface area contributed by atoms with E-state index < -0.39 is 0 Å². The second-order valence-electron chi connectivity index (χ2n) is 7.28. The predicted molar refractivity (Wildman–Crippen MR) is 119 cm³/mol. The minimum atomic E-state index is -0.357. The van der Waals surface area contributed by atoms with Gasteiger partial charge in [0.2, 0.25) is 6.23 Å². The van der Waals surface area contributed by atoms with Crippen LogP contribution < -0.4 is 14.2 Å². The predicted octanol–water partition coefficient (Wildman–Crippen LogP) is 5.71. The van der Waals surface area contributed by atoms with E-state index in [9.17, 15) is 0 Å². The van der Waals surface area contributed by atoms with Crippen LogP contribution in [-0.4, -0.2) is 24.9 Å². The Balaban J connectivity index is 1.60. The first-order valence-electron chi connectivity index (χ1n) is 9.77. The molecule has 3 aromatic carbocycles. The molecule has 0 bridgehead atoms. The van der Waals surface area contributed by atoms with Gasteiger partial charge in [0.15, 0.2) is 11.5 Å². The lowest BCUT2D eigenvalue weighted by atomic mass is 9.96. The third-order valence-electron chi connectivity index (χ3n) is 5.55. The molecule has 0 aliphatic carbocycles. The topological polar surface area (TPSA) is 43.3 Å². The quantitative estimate of drug-likeness (QED) is 0.495. The summed E-state index contributed by atoms with van der Waals surface area (Å²) in [7, 11) is 3.27. The molecule has 0 fully saturated rings. The van der Waals surface area contributed by atoms with Crippen molar-refractivity contribution in [2.75, 3.05) is 14.2 Å². The summed E-state index contributed by atoms with van der Waals surface area (Å²) in [5, 5.41) is 7.07. The van der Waals surface area contributed by atoms with E-state index in [4.69, 9.17) is 19.3 Å². The number of benzene rings is 3. The fourth-order valence-electron chi connectivity index (χ4n) is 4.09. The maximum absolute atomic E-state index is 6.45. The van der Waals surface area contributed by atoms with Crippen molar-refractivity contribution in [1.29, 1.82) is 0 Å². The summed E-state index contributed by atoms with van der Waals surface area (Å²) in [5.41, 5.74) is 4.29. The van der Waals surface area contributed by atoms with E-state index in [0.29, 0.717) is 11.5 Å². The van der Waals surface area contributed by atoms with Gasteiger partial charge in [0.1, 0.15) is 5.75 Å². The van der Waals surface area contributed by atoms with Gasteiger partial charge in [0.25, 0.3) is 0 Å². The molecule has 0 spiro atoms. The highest BCUT2D eigenvalue weighted by Gasteiger charge is 2.41. The van der Waals surface area contributed by atoms with Crippen molar-refractivity contribution in [1.82, 2.24) is 5.01 Å². The maximum Gasteiger partial charge on any atom is 0.214 e. The molecule has 0 saturated carbocycles.